The van der Waals surface area contributed by atoms with Gasteiger partial charge in [-0.3, -0.25) is 19.3 Å². The van der Waals surface area contributed by atoms with Crippen molar-refractivity contribution in [3.63, 3.8) is 0 Å². The number of rotatable bonds is 3. The molecule has 0 spiro atoms. The summed E-state index contributed by atoms with van der Waals surface area (Å²) in [5.74, 6) is -0.860. The lowest BCUT2D eigenvalue weighted by Crippen LogP contribution is -2.39. The molecule has 4 atom stereocenters. The van der Waals surface area contributed by atoms with Crippen molar-refractivity contribution >= 4 is 46.0 Å². The van der Waals surface area contributed by atoms with Crippen LogP contribution in [0.4, 0.5) is 5.69 Å². The van der Waals surface area contributed by atoms with Gasteiger partial charge in [-0.2, -0.15) is 0 Å². The van der Waals surface area contributed by atoms with Crippen LogP contribution in [0, 0.1) is 27.2 Å². The molecule has 0 radical (unpaired) electrons. The molecule has 1 aliphatic heterocycles. The Labute approximate surface area is 147 Å². The highest BCUT2D eigenvalue weighted by Crippen LogP contribution is 2.52. The lowest BCUT2D eigenvalue weighted by atomic mass is 9.85. The van der Waals surface area contributed by atoms with Gasteiger partial charge in [0.2, 0.25) is 17.7 Å². The third-order valence-electron chi connectivity index (χ3n) is 4.99. The van der Waals surface area contributed by atoms with Crippen molar-refractivity contribution in [3.05, 3.63) is 40.0 Å². The van der Waals surface area contributed by atoms with Crippen LogP contribution in [0.25, 0.3) is 0 Å². The highest BCUT2D eigenvalue weighted by Gasteiger charge is 2.59. The molecule has 2 aliphatic carbocycles. The summed E-state index contributed by atoms with van der Waals surface area (Å²) in [6.45, 7) is -0.198. The van der Waals surface area contributed by atoms with Gasteiger partial charge in [-0.15, -0.1) is 0 Å². The smallest absolute Gasteiger partial charge is 0.244 e. The Balaban J connectivity index is 1.45. The van der Waals surface area contributed by atoms with E-state index in [4.69, 9.17) is 0 Å². The summed E-state index contributed by atoms with van der Waals surface area (Å²) < 4.78 is 1.07. The predicted octanol–water partition coefficient (Wildman–Crippen LogP) is 2.04. The molecule has 23 heavy (non-hydrogen) atoms. The molecule has 118 valence electrons. The standard InChI is InChI=1S/C17H15IN2O3/c18-11-3-5-12(6-4-11)19-13(21)8-20-16(22)14-9-1-2-10(7-9)15(14)17(20)23/h1-6,9-10,14-15H,7-8H2,(H,19,21)/t9-,10+,14-,15-/m1/s1. The second-order valence-electron chi connectivity index (χ2n) is 6.32. The molecule has 3 amide bonds. The van der Waals surface area contributed by atoms with Crippen LogP contribution in [-0.4, -0.2) is 29.2 Å². The first kappa shape index (κ1) is 14.9. The lowest BCUT2D eigenvalue weighted by Gasteiger charge is -2.16. The Morgan fingerprint density at radius 1 is 1.09 bits per heavy atom. The number of fused-ring (bicyclic) bond motifs is 5. The van der Waals surface area contributed by atoms with Crippen LogP contribution in [0.2, 0.25) is 0 Å². The van der Waals surface area contributed by atoms with Crippen molar-refractivity contribution in [2.24, 2.45) is 23.7 Å². The topological polar surface area (TPSA) is 66.5 Å². The van der Waals surface area contributed by atoms with Crippen LogP contribution in [-0.2, 0) is 14.4 Å². The monoisotopic (exact) mass is 422 g/mol. The molecule has 0 aromatic heterocycles. The molecule has 3 aliphatic rings. The Morgan fingerprint density at radius 2 is 1.65 bits per heavy atom. The maximum atomic E-state index is 12.5. The predicted molar refractivity (Wildman–Crippen MR) is 92.2 cm³/mol. The Hall–Kier alpha value is -1.70. The van der Waals surface area contributed by atoms with E-state index in [-0.39, 0.29) is 47.9 Å². The van der Waals surface area contributed by atoms with Crippen LogP contribution in [0.3, 0.4) is 0 Å². The van der Waals surface area contributed by atoms with Gasteiger partial charge < -0.3 is 5.32 Å². The maximum Gasteiger partial charge on any atom is 0.244 e. The average Bonchev–Trinajstić information content (AvgIpc) is 3.19. The second kappa shape index (κ2) is 5.43. The van der Waals surface area contributed by atoms with Gasteiger partial charge >= 0.3 is 0 Å². The van der Waals surface area contributed by atoms with Crippen molar-refractivity contribution in [2.45, 2.75) is 6.42 Å². The fraction of sp³-hybridized carbons (Fsp3) is 0.353. The number of hydrogen-bond acceptors (Lipinski definition) is 3. The van der Waals surface area contributed by atoms with E-state index in [1.807, 2.05) is 24.3 Å². The van der Waals surface area contributed by atoms with E-state index in [1.165, 1.54) is 0 Å². The molecule has 2 bridgehead atoms. The third kappa shape index (κ3) is 2.39. The van der Waals surface area contributed by atoms with Gasteiger partial charge in [-0.1, -0.05) is 12.2 Å². The van der Waals surface area contributed by atoms with Gasteiger partial charge in [0.15, 0.2) is 0 Å². The first-order valence-electron chi connectivity index (χ1n) is 7.63. The van der Waals surface area contributed by atoms with Gasteiger partial charge in [-0.25, -0.2) is 0 Å². The zero-order chi connectivity index (χ0) is 16.1. The molecule has 4 rings (SSSR count). The summed E-state index contributed by atoms with van der Waals surface area (Å²) in [5, 5.41) is 2.74. The van der Waals surface area contributed by atoms with Gasteiger partial charge in [0.1, 0.15) is 6.54 Å². The number of nitrogens with zero attached hydrogens (tertiary/aromatic N) is 1. The molecule has 5 nitrogen and oxygen atoms in total. The van der Waals surface area contributed by atoms with Crippen LogP contribution >= 0.6 is 22.6 Å². The van der Waals surface area contributed by atoms with E-state index in [1.54, 1.807) is 12.1 Å². The number of amides is 3. The lowest BCUT2D eigenvalue weighted by molar-refractivity contribution is -0.143. The zero-order valence-corrected chi connectivity index (χ0v) is 14.4. The van der Waals surface area contributed by atoms with Crippen molar-refractivity contribution < 1.29 is 14.4 Å². The molecule has 0 unspecified atom stereocenters. The largest absolute Gasteiger partial charge is 0.325 e. The molecular weight excluding hydrogens is 407 g/mol. The van der Waals surface area contributed by atoms with Crippen LogP contribution < -0.4 is 5.32 Å². The Morgan fingerprint density at radius 3 is 2.22 bits per heavy atom. The Bertz CT molecular complexity index is 698. The van der Waals surface area contributed by atoms with E-state index < -0.39 is 0 Å². The molecule has 1 aromatic carbocycles. The van der Waals surface area contributed by atoms with Crippen LogP contribution in [0.1, 0.15) is 6.42 Å². The second-order valence-corrected chi connectivity index (χ2v) is 7.56. The molecule has 2 fully saturated rings. The minimum atomic E-state index is -0.340. The number of benzene rings is 1. The number of likely N-dealkylation sites (tertiary alicyclic amines) is 1. The normalized spacial score (nSPS) is 30.9. The number of allylic oxidation sites excluding steroid dienone is 2. The summed E-state index contributed by atoms with van der Waals surface area (Å²) in [7, 11) is 0. The zero-order valence-electron chi connectivity index (χ0n) is 12.2. The number of hydrogen-bond donors (Lipinski definition) is 1. The molecule has 1 saturated carbocycles. The molecule has 1 heterocycles. The SMILES string of the molecule is O=C(CN1C(=O)[C@H]2[C@H](C1=O)[C@H]1C=C[C@@H]2C1)Nc1ccc(I)cc1. The minimum Gasteiger partial charge on any atom is -0.325 e. The van der Waals surface area contributed by atoms with Crippen molar-refractivity contribution in [1.82, 2.24) is 4.90 Å². The number of imide groups is 1. The summed E-state index contributed by atoms with van der Waals surface area (Å²) in [6, 6.07) is 7.37. The highest BCUT2D eigenvalue weighted by atomic mass is 127. The summed E-state index contributed by atoms with van der Waals surface area (Å²) in [5.41, 5.74) is 0.663. The van der Waals surface area contributed by atoms with Crippen LogP contribution in [0.5, 0.6) is 0 Å². The maximum absolute atomic E-state index is 12.5. The van der Waals surface area contributed by atoms with E-state index in [0.717, 1.165) is 14.9 Å². The van der Waals surface area contributed by atoms with Gasteiger partial charge in [-0.05, 0) is 65.1 Å². The average molecular weight is 422 g/mol. The summed E-state index contributed by atoms with van der Waals surface area (Å²) in [6.07, 6.45) is 4.99. The first-order chi connectivity index (χ1) is 11.0. The highest BCUT2D eigenvalue weighted by molar-refractivity contribution is 14.1. The van der Waals surface area contributed by atoms with Crippen LogP contribution in [0.15, 0.2) is 36.4 Å². The van der Waals surface area contributed by atoms with E-state index in [9.17, 15) is 14.4 Å². The molecular formula is C17H15IN2O3. The fourth-order valence-electron chi connectivity index (χ4n) is 4.00. The molecule has 1 N–H and O–H groups in total. The van der Waals surface area contributed by atoms with E-state index in [0.29, 0.717) is 5.69 Å². The molecule has 1 saturated heterocycles. The number of anilines is 1. The van der Waals surface area contributed by atoms with E-state index >= 15 is 0 Å². The fourth-order valence-corrected chi connectivity index (χ4v) is 4.36. The third-order valence-corrected chi connectivity index (χ3v) is 5.71. The molecule has 6 heteroatoms. The number of nitrogens with one attached hydrogen (secondary N) is 1. The first-order valence-corrected chi connectivity index (χ1v) is 8.71. The van der Waals surface area contributed by atoms with Gasteiger partial charge in [0.25, 0.3) is 0 Å². The number of carbonyl (C=O) groups excluding carboxylic acids is 3. The van der Waals surface area contributed by atoms with Crippen molar-refractivity contribution in [1.29, 1.82) is 0 Å². The minimum absolute atomic E-state index is 0.172. The van der Waals surface area contributed by atoms with Gasteiger partial charge in [0, 0.05) is 9.26 Å². The molecule has 1 aromatic rings. The van der Waals surface area contributed by atoms with Gasteiger partial charge in [0.05, 0.1) is 11.8 Å². The van der Waals surface area contributed by atoms with Crippen molar-refractivity contribution in [2.75, 3.05) is 11.9 Å². The quantitative estimate of drug-likeness (QED) is 0.461. The van der Waals surface area contributed by atoms with Crippen molar-refractivity contribution in [3.8, 4) is 0 Å². The summed E-state index contributed by atoms with van der Waals surface area (Å²) >= 11 is 2.18. The Kier molecular flexibility index (Phi) is 3.51. The van der Waals surface area contributed by atoms with E-state index in [2.05, 4.69) is 27.9 Å². The number of carbonyl (C=O) groups is 3. The number of halogens is 1. The summed E-state index contributed by atoms with van der Waals surface area (Å²) in [4.78, 5) is 38.3.